The Balaban J connectivity index is 1.85. The fourth-order valence-corrected chi connectivity index (χ4v) is 2.15. The normalized spacial score (nSPS) is 13.6. The number of carbonyl (C=O) groups is 1. The van der Waals surface area contributed by atoms with Gasteiger partial charge in [0, 0.05) is 18.8 Å². The number of hydrogen-bond acceptors (Lipinski definition) is 2. The predicted octanol–water partition coefficient (Wildman–Crippen LogP) is 3.17. The van der Waals surface area contributed by atoms with Crippen molar-refractivity contribution in [2.75, 3.05) is 6.61 Å². The van der Waals surface area contributed by atoms with Gasteiger partial charge >= 0.3 is 0 Å². The molecule has 0 aromatic heterocycles. The lowest BCUT2D eigenvalue weighted by atomic mass is 9.99. The van der Waals surface area contributed by atoms with Gasteiger partial charge in [-0.1, -0.05) is 26.0 Å². The zero-order chi connectivity index (χ0) is 12.3. The number of rotatable bonds is 5. The van der Waals surface area contributed by atoms with Gasteiger partial charge in [-0.15, -0.1) is 0 Å². The van der Waals surface area contributed by atoms with Crippen LogP contribution in [0.3, 0.4) is 0 Å². The van der Waals surface area contributed by atoms with Crippen LogP contribution in [0, 0.1) is 5.92 Å². The molecule has 0 fully saturated rings. The Morgan fingerprint density at radius 3 is 3.00 bits per heavy atom. The number of ketones is 1. The average Bonchev–Trinajstić information content (AvgIpc) is 2.75. The van der Waals surface area contributed by atoms with E-state index in [1.165, 1.54) is 11.1 Å². The predicted molar refractivity (Wildman–Crippen MR) is 68.4 cm³/mol. The van der Waals surface area contributed by atoms with Crippen LogP contribution in [0.25, 0.3) is 0 Å². The van der Waals surface area contributed by atoms with E-state index in [0.29, 0.717) is 12.2 Å². The van der Waals surface area contributed by atoms with E-state index in [0.717, 1.165) is 31.6 Å². The van der Waals surface area contributed by atoms with Crippen molar-refractivity contribution in [2.24, 2.45) is 5.92 Å². The Hall–Kier alpha value is -1.31. The average molecular weight is 232 g/mol. The number of fused-ring (bicyclic) bond motifs is 1. The summed E-state index contributed by atoms with van der Waals surface area (Å²) in [5.74, 6) is 1.57. The highest BCUT2D eigenvalue weighted by Crippen LogP contribution is 2.26. The maximum atomic E-state index is 11.5. The van der Waals surface area contributed by atoms with Gasteiger partial charge in [0.05, 0.1) is 6.61 Å². The third-order valence-electron chi connectivity index (χ3n) is 3.29. The minimum absolute atomic E-state index is 0.170. The SMILES string of the molecule is CC(C)C(=O)CCCc1ccc2c(c1)CCO2. The molecule has 17 heavy (non-hydrogen) atoms. The zero-order valence-corrected chi connectivity index (χ0v) is 10.7. The highest BCUT2D eigenvalue weighted by molar-refractivity contribution is 5.80. The largest absolute Gasteiger partial charge is 0.493 e. The van der Waals surface area contributed by atoms with Crippen LogP contribution in [0.2, 0.25) is 0 Å². The van der Waals surface area contributed by atoms with E-state index >= 15 is 0 Å². The lowest BCUT2D eigenvalue weighted by Crippen LogP contribution is -2.06. The number of aryl methyl sites for hydroxylation is 1. The molecule has 0 amide bonds. The second kappa shape index (κ2) is 5.35. The fourth-order valence-electron chi connectivity index (χ4n) is 2.15. The minimum atomic E-state index is 0.170. The summed E-state index contributed by atoms with van der Waals surface area (Å²) in [7, 11) is 0. The van der Waals surface area contributed by atoms with Gasteiger partial charge in [0.25, 0.3) is 0 Å². The van der Waals surface area contributed by atoms with Crippen molar-refractivity contribution in [3.8, 4) is 5.75 Å². The van der Waals surface area contributed by atoms with Crippen LogP contribution in [0.5, 0.6) is 5.75 Å². The summed E-state index contributed by atoms with van der Waals surface area (Å²) in [6.45, 7) is 4.74. The van der Waals surface area contributed by atoms with Crippen molar-refractivity contribution < 1.29 is 9.53 Å². The molecule has 1 aliphatic heterocycles. The molecule has 0 aliphatic carbocycles. The number of benzene rings is 1. The highest BCUT2D eigenvalue weighted by Gasteiger charge is 2.12. The molecule has 1 heterocycles. The van der Waals surface area contributed by atoms with Gasteiger partial charge < -0.3 is 4.74 Å². The summed E-state index contributed by atoms with van der Waals surface area (Å²) in [4.78, 5) is 11.5. The molecule has 0 bridgehead atoms. The topological polar surface area (TPSA) is 26.3 Å². The molecule has 1 aromatic rings. The van der Waals surface area contributed by atoms with Crippen molar-refractivity contribution in [1.82, 2.24) is 0 Å². The lowest BCUT2D eigenvalue weighted by Gasteiger charge is -2.05. The Labute approximate surface area is 103 Å². The molecule has 0 unspecified atom stereocenters. The smallest absolute Gasteiger partial charge is 0.135 e. The van der Waals surface area contributed by atoms with Gasteiger partial charge in [-0.3, -0.25) is 4.79 Å². The molecule has 2 heteroatoms. The van der Waals surface area contributed by atoms with Crippen LogP contribution < -0.4 is 4.74 Å². The van der Waals surface area contributed by atoms with E-state index in [1.54, 1.807) is 0 Å². The number of carbonyl (C=O) groups excluding carboxylic acids is 1. The highest BCUT2D eigenvalue weighted by atomic mass is 16.5. The van der Waals surface area contributed by atoms with Crippen molar-refractivity contribution in [2.45, 2.75) is 39.5 Å². The summed E-state index contributed by atoms with van der Waals surface area (Å²) in [6, 6.07) is 6.40. The summed E-state index contributed by atoms with van der Waals surface area (Å²) in [6.07, 6.45) is 3.67. The van der Waals surface area contributed by atoms with Gasteiger partial charge in [-0.2, -0.15) is 0 Å². The Bertz CT molecular complexity index is 407. The van der Waals surface area contributed by atoms with Crippen molar-refractivity contribution in [3.05, 3.63) is 29.3 Å². The monoisotopic (exact) mass is 232 g/mol. The first-order chi connectivity index (χ1) is 8.16. The Kier molecular flexibility index (Phi) is 3.82. The number of hydrogen-bond donors (Lipinski definition) is 0. The van der Waals surface area contributed by atoms with Crippen LogP contribution >= 0.6 is 0 Å². The first kappa shape index (κ1) is 12.2. The quantitative estimate of drug-likeness (QED) is 0.779. The molecule has 0 atom stereocenters. The molecule has 1 aliphatic rings. The summed E-state index contributed by atoms with van der Waals surface area (Å²) >= 11 is 0. The van der Waals surface area contributed by atoms with Crippen LogP contribution in [0.15, 0.2) is 18.2 Å². The molecular weight excluding hydrogens is 212 g/mol. The molecule has 92 valence electrons. The maximum Gasteiger partial charge on any atom is 0.135 e. The molecule has 2 nitrogen and oxygen atoms in total. The first-order valence-electron chi connectivity index (χ1n) is 6.44. The van der Waals surface area contributed by atoms with Crippen molar-refractivity contribution >= 4 is 5.78 Å². The second-order valence-electron chi connectivity index (χ2n) is 5.02. The Morgan fingerprint density at radius 2 is 2.24 bits per heavy atom. The van der Waals surface area contributed by atoms with Crippen molar-refractivity contribution in [3.63, 3.8) is 0 Å². The first-order valence-corrected chi connectivity index (χ1v) is 6.44. The number of Topliss-reactive ketones (excluding diaryl/α,β-unsaturated/α-hetero) is 1. The molecule has 1 aromatic carbocycles. The van der Waals surface area contributed by atoms with Gasteiger partial charge in [0.2, 0.25) is 0 Å². The van der Waals surface area contributed by atoms with Crippen LogP contribution in [-0.4, -0.2) is 12.4 Å². The lowest BCUT2D eigenvalue weighted by molar-refractivity contribution is -0.121. The zero-order valence-electron chi connectivity index (χ0n) is 10.7. The molecule has 0 spiro atoms. The molecule has 0 saturated heterocycles. The van der Waals surface area contributed by atoms with Crippen LogP contribution in [0.1, 0.15) is 37.8 Å². The van der Waals surface area contributed by atoms with Gasteiger partial charge in [-0.25, -0.2) is 0 Å². The standard InChI is InChI=1S/C15H20O2/c1-11(2)14(16)5-3-4-12-6-7-15-13(10-12)8-9-17-15/h6-7,10-11H,3-5,8-9H2,1-2H3. The van der Waals surface area contributed by atoms with E-state index in [1.807, 2.05) is 13.8 Å². The molecule has 0 saturated carbocycles. The minimum Gasteiger partial charge on any atom is -0.493 e. The van der Waals surface area contributed by atoms with Gasteiger partial charge in [-0.05, 0) is 30.0 Å². The molecule has 0 N–H and O–H groups in total. The molecule has 0 radical (unpaired) electrons. The summed E-state index contributed by atoms with van der Waals surface area (Å²) < 4.78 is 5.47. The summed E-state index contributed by atoms with van der Waals surface area (Å²) in [5.41, 5.74) is 2.64. The molecular formula is C15H20O2. The van der Waals surface area contributed by atoms with Gasteiger partial charge in [0.1, 0.15) is 11.5 Å². The van der Waals surface area contributed by atoms with E-state index in [2.05, 4.69) is 18.2 Å². The molecule has 2 rings (SSSR count). The maximum absolute atomic E-state index is 11.5. The van der Waals surface area contributed by atoms with Crippen LogP contribution in [-0.2, 0) is 17.6 Å². The number of ether oxygens (including phenoxy) is 1. The summed E-state index contributed by atoms with van der Waals surface area (Å²) in [5, 5.41) is 0. The fraction of sp³-hybridized carbons (Fsp3) is 0.533. The van der Waals surface area contributed by atoms with E-state index < -0.39 is 0 Å². The Morgan fingerprint density at radius 1 is 1.41 bits per heavy atom. The van der Waals surface area contributed by atoms with E-state index in [-0.39, 0.29) is 5.92 Å². The second-order valence-corrected chi connectivity index (χ2v) is 5.02. The van der Waals surface area contributed by atoms with Gasteiger partial charge in [0.15, 0.2) is 0 Å². The van der Waals surface area contributed by atoms with Crippen molar-refractivity contribution in [1.29, 1.82) is 0 Å². The van der Waals surface area contributed by atoms with E-state index in [4.69, 9.17) is 4.74 Å². The third-order valence-corrected chi connectivity index (χ3v) is 3.29. The van der Waals surface area contributed by atoms with E-state index in [9.17, 15) is 4.79 Å². The third kappa shape index (κ3) is 3.09. The van der Waals surface area contributed by atoms with Crippen LogP contribution in [0.4, 0.5) is 0 Å².